The summed E-state index contributed by atoms with van der Waals surface area (Å²) in [6, 6.07) is 5.16. The van der Waals surface area contributed by atoms with Crippen molar-refractivity contribution < 1.29 is 17.9 Å². The van der Waals surface area contributed by atoms with Gasteiger partial charge >= 0.3 is 0 Å². The van der Waals surface area contributed by atoms with Gasteiger partial charge in [0.15, 0.2) is 0 Å². The summed E-state index contributed by atoms with van der Waals surface area (Å²) in [7, 11) is -3.83. The Bertz CT molecular complexity index is 1200. The molecular formula is C27H38N2O4S. The van der Waals surface area contributed by atoms with Crippen molar-refractivity contribution in [1.29, 1.82) is 0 Å². The summed E-state index contributed by atoms with van der Waals surface area (Å²) in [6.45, 7) is 18.4. The van der Waals surface area contributed by atoms with E-state index < -0.39 is 15.4 Å². The maximum atomic E-state index is 13.5. The molecule has 3 rings (SSSR count). The number of nitrogens with zero attached hydrogens (tertiary/aromatic N) is 1. The van der Waals surface area contributed by atoms with Gasteiger partial charge in [0.25, 0.3) is 10.0 Å². The van der Waals surface area contributed by atoms with Crippen molar-refractivity contribution in [2.75, 3.05) is 22.8 Å². The molecule has 1 aliphatic rings. The summed E-state index contributed by atoms with van der Waals surface area (Å²) >= 11 is 0. The number of rotatable bonds is 6. The van der Waals surface area contributed by atoms with Crippen molar-refractivity contribution >= 4 is 27.3 Å². The van der Waals surface area contributed by atoms with Gasteiger partial charge < -0.3 is 9.64 Å². The van der Waals surface area contributed by atoms with Gasteiger partial charge in [-0.1, -0.05) is 13.8 Å². The predicted octanol–water partition coefficient (Wildman–Crippen LogP) is 5.83. The van der Waals surface area contributed by atoms with Gasteiger partial charge in [0.05, 0.1) is 21.7 Å². The smallest absolute Gasteiger partial charge is 0.262 e. The third kappa shape index (κ3) is 4.81. The first-order chi connectivity index (χ1) is 15.7. The molecule has 6 nitrogen and oxygen atoms in total. The van der Waals surface area contributed by atoms with Crippen molar-refractivity contribution in [2.45, 2.75) is 73.6 Å². The second-order valence-electron chi connectivity index (χ2n) is 10.6. The van der Waals surface area contributed by atoms with E-state index in [4.69, 9.17) is 4.74 Å². The van der Waals surface area contributed by atoms with Gasteiger partial charge in [-0.3, -0.25) is 9.52 Å². The highest BCUT2D eigenvalue weighted by atomic mass is 32.2. The average Bonchev–Trinajstić information content (AvgIpc) is 2.83. The van der Waals surface area contributed by atoms with E-state index in [1.165, 1.54) is 0 Å². The summed E-state index contributed by atoms with van der Waals surface area (Å²) < 4.78 is 35.7. The zero-order valence-electron chi connectivity index (χ0n) is 21.9. The van der Waals surface area contributed by atoms with Gasteiger partial charge in [-0.25, -0.2) is 8.42 Å². The molecule has 2 aromatic rings. The molecule has 1 amide bonds. The Labute approximate surface area is 204 Å². The number of anilines is 2. The topological polar surface area (TPSA) is 75.7 Å². The largest absolute Gasteiger partial charge is 0.490 e. The highest BCUT2D eigenvalue weighted by Gasteiger charge is 2.38. The van der Waals surface area contributed by atoms with Crippen molar-refractivity contribution in [3.05, 3.63) is 46.0 Å². The van der Waals surface area contributed by atoms with Crippen LogP contribution in [0.3, 0.4) is 0 Å². The Morgan fingerprint density at radius 1 is 1.00 bits per heavy atom. The predicted molar refractivity (Wildman–Crippen MR) is 138 cm³/mol. The lowest BCUT2D eigenvalue weighted by Gasteiger charge is -2.28. The van der Waals surface area contributed by atoms with E-state index in [1.807, 2.05) is 48.5 Å². The van der Waals surface area contributed by atoms with Crippen LogP contribution in [0.15, 0.2) is 23.1 Å². The number of carbonyl (C=O) groups is 1. The first-order valence-corrected chi connectivity index (χ1v) is 13.3. The zero-order valence-corrected chi connectivity index (χ0v) is 22.7. The molecule has 1 N–H and O–H groups in total. The highest BCUT2D eigenvalue weighted by Crippen LogP contribution is 2.39. The second-order valence-corrected chi connectivity index (χ2v) is 12.2. The third-order valence-corrected chi connectivity index (χ3v) is 8.70. The molecule has 0 bridgehead atoms. The minimum atomic E-state index is -3.83. The van der Waals surface area contributed by atoms with Crippen LogP contribution in [0, 0.1) is 46.0 Å². The Kier molecular flexibility index (Phi) is 7.09. The maximum absolute atomic E-state index is 13.5. The molecule has 2 aromatic carbocycles. The maximum Gasteiger partial charge on any atom is 0.262 e. The molecule has 0 unspecified atom stereocenters. The summed E-state index contributed by atoms with van der Waals surface area (Å²) in [5, 5.41) is 0. The van der Waals surface area contributed by atoms with Gasteiger partial charge in [-0.15, -0.1) is 0 Å². The number of ether oxygens (including phenoxy) is 1. The number of amides is 1. The molecule has 1 aliphatic heterocycles. The van der Waals surface area contributed by atoms with Crippen molar-refractivity contribution in [3.8, 4) is 5.75 Å². The Balaban J connectivity index is 2.02. The molecule has 7 heteroatoms. The number of sulfonamides is 1. The fraction of sp³-hybridized carbons (Fsp3) is 0.519. The van der Waals surface area contributed by atoms with Gasteiger partial charge in [-0.05, 0) is 101 Å². The number of nitrogens with one attached hydrogen (secondary N) is 1. The average molecular weight is 487 g/mol. The van der Waals surface area contributed by atoms with Gasteiger partial charge in [-0.2, -0.15) is 0 Å². The Hall–Kier alpha value is -2.54. The lowest BCUT2D eigenvalue weighted by Crippen LogP contribution is -2.42. The molecule has 0 saturated heterocycles. The van der Waals surface area contributed by atoms with E-state index >= 15 is 0 Å². The summed E-state index contributed by atoms with van der Waals surface area (Å²) in [4.78, 5) is 15.3. The monoisotopic (exact) mass is 486 g/mol. The van der Waals surface area contributed by atoms with E-state index in [0.717, 1.165) is 34.2 Å². The van der Waals surface area contributed by atoms with Crippen LogP contribution in [-0.4, -0.2) is 27.5 Å². The van der Waals surface area contributed by atoms with Crippen LogP contribution in [0.1, 0.15) is 61.9 Å². The standard InChI is InChI=1S/C27H38N2O4S/c1-16(2)12-13-29-23-11-10-22(14-24(23)33-15-27(8,9)26(29)30)28-34(31,32)25-20(6)18(4)17(3)19(5)21(25)7/h10-11,14,16,28H,12-13,15H2,1-9H3. The second kappa shape index (κ2) is 9.25. The minimum absolute atomic E-state index is 0.0112. The van der Waals surface area contributed by atoms with Crippen molar-refractivity contribution in [2.24, 2.45) is 11.3 Å². The van der Waals surface area contributed by atoms with Gasteiger partial charge in [0.1, 0.15) is 12.4 Å². The summed E-state index contributed by atoms with van der Waals surface area (Å²) in [6.07, 6.45) is 0.861. The molecular weight excluding hydrogens is 448 g/mol. The van der Waals surface area contributed by atoms with E-state index in [2.05, 4.69) is 18.6 Å². The van der Waals surface area contributed by atoms with Crippen LogP contribution < -0.4 is 14.4 Å². The van der Waals surface area contributed by atoms with Crippen LogP contribution in [0.4, 0.5) is 11.4 Å². The van der Waals surface area contributed by atoms with E-state index in [-0.39, 0.29) is 12.5 Å². The fourth-order valence-electron chi connectivity index (χ4n) is 4.40. The molecule has 0 atom stereocenters. The number of benzene rings is 2. The summed E-state index contributed by atoms with van der Waals surface area (Å²) in [5.74, 6) is 0.965. The lowest BCUT2D eigenvalue weighted by molar-refractivity contribution is -0.127. The van der Waals surface area contributed by atoms with Crippen LogP contribution >= 0.6 is 0 Å². The number of hydrogen-bond acceptors (Lipinski definition) is 4. The van der Waals surface area contributed by atoms with Crippen LogP contribution in [0.25, 0.3) is 0 Å². The van der Waals surface area contributed by atoms with Gasteiger partial charge in [0.2, 0.25) is 5.91 Å². The molecule has 0 saturated carbocycles. The normalized spacial score (nSPS) is 15.7. The molecule has 0 aromatic heterocycles. The number of fused-ring (bicyclic) bond motifs is 1. The van der Waals surface area contributed by atoms with Gasteiger partial charge in [0, 0.05) is 12.6 Å². The van der Waals surface area contributed by atoms with Crippen LogP contribution in [0.2, 0.25) is 0 Å². The quantitative estimate of drug-likeness (QED) is 0.558. The Morgan fingerprint density at radius 3 is 2.12 bits per heavy atom. The van der Waals surface area contributed by atoms with E-state index in [1.54, 1.807) is 23.1 Å². The molecule has 0 fully saturated rings. The SMILES string of the molecule is Cc1c(C)c(C)c(S(=O)(=O)Nc2ccc3c(c2)OCC(C)(C)C(=O)N3CCC(C)C)c(C)c1C. The molecule has 0 radical (unpaired) electrons. The molecule has 1 heterocycles. The number of hydrogen-bond donors (Lipinski definition) is 1. The third-order valence-electron chi connectivity index (χ3n) is 7.05. The molecule has 0 aliphatic carbocycles. The fourth-order valence-corrected chi connectivity index (χ4v) is 6.05. The van der Waals surface area contributed by atoms with E-state index in [9.17, 15) is 13.2 Å². The molecule has 186 valence electrons. The first kappa shape index (κ1) is 26.1. The summed E-state index contributed by atoms with van der Waals surface area (Å²) in [5.41, 5.74) is 4.99. The highest BCUT2D eigenvalue weighted by molar-refractivity contribution is 7.92. The lowest BCUT2D eigenvalue weighted by atomic mass is 9.92. The Morgan fingerprint density at radius 2 is 1.56 bits per heavy atom. The minimum Gasteiger partial charge on any atom is -0.490 e. The molecule has 34 heavy (non-hydrogen) atoms. The van der Waals surface area contributed by atoms with Crippen LogP contribution in [0.5, 0.6) is 5.75 Å². The van der Waals surface area contributed by atoms with E-state index in [0.29, 0.717) is 34.5 Å². The van der Waals surface area contributed by atoms with Crippen molar-refractivity contribution in [1.82, 2.24) is 0 Å². The van der Waals surface area contributed by atoms with Crippen LogP contribution in [-0.2, 0) is 14.8 Å². The van der Waals surface area contributed by atoms with Crippen molar-refractivity contribution in [3.63, 3.8) is 0 Å². The zero-order chi connectivity index (χ0) is 25.6. The first-order valence-electron chi connectivity index (χ1n) is 11.9. The number of carbonyl (C=O) groups excluding carboxylic acids is 1. The molecule has 0 spiro atoms.